The summed E-state index contributed by atoms with van der Waals surface area (Å²) >= 11 is 0. The second-order valence-corrected chi connectivity index (χ2v) is 11.9. The molecule has 2 saturated heterocycles. The fourth-order valence-corrected chi connectivity index (χ4v) is 5.45. The zero-order valence-corrected chi connectivity index (χ0v) is 25.2. The van der Waals surface area contributed by atoms with Crippen LogP contribution in [0.4, 0.5) is 13.6 Å². The number of amides is 1. The first-order valence-corrected chi connectivity index (χ1v) is 14.7. The van der Waals surface area contributed by atoms with E-state index in [0.29, 0.717) is 47.3 Å². The number of ether oxygens (including phenoxy) is 2. The zero-order valence-electron chi connectivity index (χ0n) is 25.2. The molecule has 2 aliphatic rings. The average molecular weight is 597 g/mol. The van der Waals surface area contributed by atoms with Crippen molar-refractivity contribution in [1.82, 2.24) is 15.1 Å². The van der Waals surface area contributed by atoms with Gasteiger partial charge in [-0.05, 0) is 88.2 Å². The minimum Gasteiger partial charge on any atom is -0.492 e. The van der Waals surface area contributed by atoms with Gasteiger partial charge in [0.1, 0.15) is 18.2 Å². The maximum absolute atomic E-state index is 16.2. The number of aromatic nitrogens is 2. The number of allylic oxidation sites excluding steroid dienone is 1. The van der Waals surface area contributed by atoms with Gasteiger partial charge in [0.2, 0.25) is 5.95 Å². The van der Waals surface area contributed by atoms with Crippen molar-refractivity contribution in [1.29, 1.82) is 0 Å². The van der Waals surface area contributed by atoms with E-state index in [2.05, 4.69) is 10.4 Å². The molecule has 0 bridgehead atoms. The van der Waals surface area contributed by atoms with Crippen LogP contribution in [-0.4, -0.2) is 59.1 Å². The van der Waals surface area contributed by atoms with Crippen molar-refractivity contribution < 1.29 is 37.5 Å². The Morgan fingerprint density at radius 1 is 1.14 bits per heavy atom. The molecule has 9 nitrogen and oxygen atoms in total. The van der Waals surface area contributed by atoms with Gasteiger partial charge in [-0.1, -0.05) is 19.1 Å². The number of rotatable bonds is 9. The number of carboxylic acid groups (broad SMARTS) is 1. The van der Waals surface area contributed by atoms with E-state index in [0.717, 1.165) is 12.8 Å². The van der Waals surface area contributed by atoms with E-state index >= 15 is 8.78 Å². The predicted molar refractivity (Wildman–Crippen MR) is 159 cm³/mol. The van der Waals surface area contributed by atoms with Gasteiger partial charge in [-0.2, -0.15) is 4.39 Å². The minimum atomic E-state index is -1.13. The van der Waals surface area contributed by atoms with Crippen molar-refractivity contribution in [2.45, 2.75) is 77.7 Å². The smallest absolute Gasteiger partial charge is 0.491 e. The predicted octanol–water partition coefficient (Wildman–Crippen LogP) is 6.50. The van der Waals surface area contributed by atoms with Gasteiger partial charge >= 0.3 is 13.2 Å². The van der Waals surface area contributed by atoms with Crippen molar-refractivity contribution >= 4 is 29.7 Å². The first-order valence-electron chi connectivity index (χ1n) is 14.7. The van der Waals surface area contributed by atoms with E-state index in [-0.39, 0.29) is 24.1 Å². The van der Waals surface area contributed by atoms with Crippen LogP contribution in [0.5, 0.6) is 5.75 Å². The Morgan fingerprint density at radius 2 is 1.84 bits per heavy atom. The van der Waals surface area contributed by atoms with Gasteiger partial charge in [0.05, 0.1) is 28.6 Å². The Kier molecular flexibility index (Phi) is 8.83. The van der Waals surface area contributed by atoms with Crippen molar-refractivity contribution in [3.05, 3.63) is 64.8 Å². The van der Waals surface area contributed by atoms with E-state index in [9.17, 15) is 4.79 Å². The molecule has 1 atom stereocenters. The number of nitrogens with one attached hydrogen (secondary N) is 1. The molecule has 2 aromatic carbocycles. The van der Waals surface area contributed by atoms with Gasteiger partial charge in [0, 0.05) is 18.2 Å². The summed E-state index contributed by atoms with van der Waals surface area (Å²) in [6, 6.07) is 9.85. The molecule has 2 aliphatic heterocycles. The number of hydrogen-bond acceptors (Lipinski definition) is 6. The molecular weight excluding hydrogens is 559 g/mol. The lowest BCUT2D eigenvalue weighted by Gasteiger charge is -2.32. The van der Waals surface area contributed by atoms with Crippen LogP contribution in [-0.2, 0) is 14.0 Å². The van der Waals surface area contributed by atoms with E-state index in [1.807, 2.05) is 34.6 Å². The molecule has 0 spiro atoms. The summed E-state index contributed by atoms with van der Waals surface area (Å²) in [5.41, 5.74) is 1.17. The van der Waals surface area contributed by atoms with Crippen molar-refractivity contribution in [3.8, 4) is 5.75 Å². The monoisotopic (exact) mass is 597 g/mol. The van der Waals surface area contributed by atoms with Crippen LogP contribution in [0, 0.1) is 11.8 Å². The molecule has 0 radical (unpaired) electrons. The van der Waals surface area contributed by atoms with Gasteiger partial charge in [0.25, 0.3) is 0 Å². The molecule has 0 saturated carbocycles. The molecular formula is C31H38BF2N3O6. The molecule has 0 aliphatic carbocycles. The van der Waals surface area contributed by atoms with Gasteiger partial charge in [-0.15, -0.1) is 5.10 Å². The number of carbonyl (C=O) groups is 1. The molecule has 1 amide bonds. The van der Waals surface area contributed by atoms with Crippen LogP contribution in [0.15, 0.2) is 41.9 Å². The molecule has 5 rings (SSSR count). The summed E-state index contributed by atoms with van der Waals surface area (Å²) in [5.74, 6) is -0.723. The third-order valence-electron chi connectivity index (χ3n) is 8.48. The lowest BCUT2D eigenvalue weighted by molar-refractivity contribution is -0.0375. The molecule has 2 N–H and O–H groups in total. The first-order chi connectivity index (χ1) is 20.4. The summed E-state index contributed by atoms with van der Waals surface area (Å²) in [6.07, 6.45) is 1.41. The van der Waals surface area contributed by atoms with Gasteiger partial charge in [0.15, 0.2) is 6.23 Å². The van der Waals surface area contributed by atoms with E-state index in [1.165, 1.54) is 16.8 Å². The third kappa shape index (κ3) is 6.27. The lowest BCUT2D eigenvalue weighted by atomic mass is 9.70. The standard InChI is InChI=1S/C31H38BF2N3O6/c1-6-23(32-42-30(2,3)31(4,5)43-32)27(19-10-12-20(13-11-19)40-16-14-35-29(38)39)21-17-22-25(18-24(21)33)37(36-28(22)34)26-9-7-8-15-41-26/h10-13,17-18,26,35H,6-9,14-16H2,1-5H3,(H,38,39)/b27-23+. The largest absolute Gasteiger partial charge is 0.492 e. The second kappa shape index (κ2) is 12.3. The molecule has 43 heavy (non-hydrogen) atoms. The quantitative estimate of drug-likeness (QED) is 0.214. The van der Waals surface area contributed by atoms with Crippen LogP contribution in [0.25, 0.3) is 16.5 Å². The Bertz CT molecular complexity index is 1500. The highest BCUT2D eigenvalue weighted by atomic mass is 19.1. The van der Waals surface area contributed by atoms with Crippen LogP contribution in [0.2, 0.25) is 0 Å². The van der Waals surface area contributed by atoms with Crippen LogP contribution >= 0.6 is 0 Å². The Balaban J connectivity index is 1.60. The fraction of sp³-hybridized carbons (Fsp3) is 0.484. The fourth-order valence-electron chi connectivity index (χ4n) is 5.45. The van der Waals surface area contributed by atoms with Gasteiger partial charge in [-0.25, -0.2) is 13.9 Å². The SMILES string of the molecule is CC/C(B1OC(C)(C)C(C)(C)O1)=C(/c1ccc(OCCNC(=O)O)cc1)c1cc2c(F)nn(C3CCCCO3)c2cc1F. The lowest BCUT2D eigenvalue weighted by Crippen LogP contribution is -2.41. The Hall–Kier alpha value is -3.48. The molecule has 2 fully saturated rings. The number of benzene rings is 2. The highest BCUT2D eigenvalue weighted by Crippen LogP contribution is 2.43. The average Bonchev–Trinajstić information content (AvgIpc) is 3.40. The topological polar surface area (TPSA) is 104 Å². The molecule has 12 heteroatoms. The maximum Gasteiger partial charge on any atom is 0.491 e. The van der Waals surface area contributed by atoms with Gasteiger partial charge < -0.3 is 29.2 Å². The molecule has 3 aromatic rings. The second-order valence-electron chi connectivity index (χ2n) is 11.9. The summed E-state index contributed by atoms with van der Waals surface area (Å²) in [6.45, 7) is 10.6. The molecule has 1 unspecified atom stereocenters. The molecule has 230 valence electrons. The summed E-state index contributed by atoms with van der Waals surface area (Å²) in [4.78, 5) is 10.7. The van der Waals surface area contributed by atoms with Crippen LogP contribution < -0.4 is 10.1 Å². The summed E-state index contributed by atoms with van der Waals surface area (Å²) < 4.78 is 57.3. The van der Waals surface area contributed by atoms with Crippen molar-refractivity contribution in [3.63, 3.8) is 0 Å². The Labute approximate surface area is 250 Å². The third-order valence-corrected chi connectivity index (χ3v) is 8.48. The zero-order chi connectivity index (χ0) is 30.9. The molecule has 3 heterocycles. The normalized spacial score (nSPS) is 20.3. The summed E-state index contributed by atoms with van der Waals surface area (Å²) in [7, 11) is -0.763. The number of nitrogens with zero attached hydrogens (tertiary/aromatic N) is 2. The molecule has 1 aromatic heterocycles. The van der Waals surface area contributed by atoms with E-state index in [1.54, 1.807) is 24.3 Å². The number of fused-ring (bicyclic) bond motifs is 1. The first kappa shape index (κ1) is 31.0. The highest BCUT2D eigenvalue weighted by molar-refractivity contribution is 6.56. The van der Waals surface area contributed by atoms with Gasteiger partial charge in [-0.3, -0.25) is 0 Å². The Morgan fingerprint density at radius 3 is 2.44 bits per heavy atom. The van der Waals surface area contributed by atoms with Crippen LogP contribution in [0.1, 0.15) is 77.7 Å². The number of halogens is 2. The van der Waals surface area contributed by atoms with Crippen molar-refractivity contribution in [2.75, 3.05) is 19.8 Å². The maximum atomic E-state index is 16.2. The van der Waals surface area contributed by atoms with Crippen molar-refractivity contribution in [2.24, 2.45) is 0 Å². The van der Waals surface area contributed by atoms with Crippen LogP contribution in [0.3, 0.4) is 0 Å². The number of hydrogen-bond donors (Lipinski definition) is 2. The summed E-state index contributed by atoms with van der Waals surface area (Å²) in [5, 5.41) is 15.3. The minimum absolute atomic E-state index is 0.126. The highest BCUT2D eigenvalue weighted by Gasteiger charge is 2.52. The van der Waals surface area contributed by atoms with E-state index < -0.39 is 42.4 Å². The van der Waals surface area contributed by atoms with E-state index in [4.69, 9.17) is 23.9 Å².